The van der Waals surface area contributed by atoms with Crippen molar-refractivity contribution in [3.63, 3.8) is 0 Å². The highest BCUT2D eigenvalue weighted by molar-refractivity contribution is 6.02. The van der Waals surface area contributed by atoms with Gasteiger partial charge in [-0.3, -0.25) is 33.6 Å². The fourth-order valence-electron chi connectivity index (χ4n) is 4.99. The van der Waals surface area contributed by atoms with Crippen molar-refractivity contribution in [1.29, 1.82) is 0 Å². The van der Waals surface area contributed by atoms with E-state index in [0.717, 1.165) is 21.7 Å². The Kier molecular flexibility index (Phi) is 18.3. The van der Waals surface area contributed by atoms with Gasteiger partial charge >= 0.3 is 0 Å². The number of hydrogen-bond acceptors (Lipinski definition) is 8. The molecule has 0 aromatic heterocycles. The molecule has 0 saturated carbocycles. The van der Waals surface area contributed by atoms with Crippen LogP contribution in [-0.4, -0.2) is 46.3 Å². The number of carbonyl (C=O) groups is 8. The Hall–Kier alpha value is -6.80. The zero-order valence-corrected chi connectivity index (χ0v) is 33.9. The second kappa shape index (κ2) is 22.5. The first-order valence-corrected chi connectivity index (χ1v) is 18.1. The van der Waals surface area contributed by atoms with Crippen LogP contribution in [0.3, 0.4) is 0 Å². The van der Waals surface area contributed by atoms with Crippen LogP contribution in [0.1, 0.15) is 135 Å². The predicted molar refractivity (Wildman–Crippen MR) is 227 cm³/mol. The Labute approximate surface area is 333 Å². The molecule has 0 radical (unpaired) electrons. The molecule has 0 spiro atoms. The number of carbonyl (C=O) groups excluding carboxylic acids is 8. The number of rotatable bonds is 7. The molecular formula is C49H48O8. The van der Waals surface area contributed by atoms with Gasteiger partial charge in [0.15, 0.2) is 40.5 Å². The summed E-state index contributed by atoms with van der Waals surface area (Å²) in [5.41, 5.74) is 4.62. The molecule has 0 N–H and O–H groups in total. The fourth-order valence-corrected chi connectivity index (χ4v) is 4.99. The van der Waals surface area contributed by atoms with Crippen LogP contribution < -0.4 is 0 Å². The summed E-state index contributed by atoms with van der Waals surface area (Å²) in [4.78, 5) is 86.5. The van der Waals surface area contributed by atoms with E-state index in [4.69, 9.17) is 0 Å². The molecule has 8 nitrogen and oxygen atoms in total. The summed E-state index contributed by atoms with van der Waals surface area (Å²) in [7, 11) is 0. The molecule has 8 heteroatoms. The summed E-state index contributed by atoms with van der Waals surface area (Å²) in [5, 5.41) is 4.26. The lowest BCUT2D eigenvalue weighted by atomic mass is 10.0. The van der Waals surface area contributed by atoms with Crippen molar-refractivity contribution in [3.8, 4) is 0 Å². The van der Waals surface area contributed by atoms with Crippen molar-refractivity contribution in [2.45, 2.75) is 62.3 Å². The van der Waals surface area contributed by atoms with Gasteiger partial charge in [0.2, 0.25) is 0 Å². The molecule has 6 rings (SSSR count). The average Bonchev–Trinajstić information content (AvgIpc) is 3.17. The predicted octanol–water partition coefficient (Wildman–Crippen LogP) is 11.1. The van der Waals surface area contributed by atoms with E-state index >= 15 is 0 Å². The Bertz CT molecular complexity index is 2320. The van der Waals surface area contributed by atoms with Gasteiger partial charge in [-0.25, -0.2) is 0 Å². The quantitative estimate of drug-likeness (QED) is 0.147. The maximum Gasteiger partial charge on any atom is 0.159 e. The summed E-state index contributed by atoms with van der Waals surface area (Å²) in [6.07, 6.45) is 0. The number of Topliss-reactive ketones (excluding diaryl/α,β-unsaturated/α-hetero) is 8. The van der Waals surface area contributed by atoms with E-state index in [1.807, 2.05) is 66.7 Å². The van der Waals surface area contributed by atoms with Crippen LogP contribution in [0.2, 0.25) is 0 Å². The highest BCUT2D eigenvalue weighted by Gasteiger charge is 2.05. The number of ketones is 8. The average molecular weight is 765 g/mol. The minimum Gasteiger partial charge on any atom is -0.300 e. The Morgan fingerprint density at radius 3 is 0.772 bits per heavy atom. The van der Waals surface area contributed by atoms with E-state index in [9.17, 15) is 38.4 Å². The van der Waals surface area contributed by atoms with Crippen LogP contribution in [0.5, 0.6) is 0 Å². The highest BCUT2D eigenvalue weighted by atomic mass is 16.1. The molecule has 0 unspecified atom stereocenters. The van der Waals surface area contributed by atoms with Crippen molar-refractivity contribution >= 4 is 67.8 Å². The molecule has 0 aliphatic heterocycles. The van der Waals surface area contributed by atoms with Crippen molar-refractivity contribution < 1.29 is 38.4 Å². The topological polar surface area (TPSA) is 137 Å². The van der Waals surface area contributed by atoms with E-state index in [-0.39, 0.29) is 46.3 Å². The third kappa shape index (κ3) is 15.8. The van der Waals surface area contributed by atoms with Crippen molar-refractivity contribution in [2.75, 3.05) is 0 Å². The minimum atomic E-state index is -0.0156. The van der Waals surface area contributed by atoms with E-state index < -0.39 is 0 Å². The first-order valence-electron chi connectivity index (χ1n) is 18.1. The number of hydrogen-bond donors (Lipinski definition) is 0. The largest absolute Gasteiger partial charge is 0.300 e. The molecular weight excluding hydrogens is 717 g/mol. The second-order valence-corrected chi connectivity index (χ2v) is 13.3. The van der Waals surface area contributed by atoms with Crippen molar-refractivity contribution in [2.24, 2.45) is 0 Å². The lowest BCUT2D eigenvalue weighted by Crippen LogP contribution is -1.96. The molecule has 0 atom stereocenters. The summed E-state index contributed by atoms with van der Waals surface area (Å²) >= 11 is 0. The van der Waals surface area contributed by atoms with Crippen molar-refractivity contribution in [1.82, 2.24) is 0 Å². The second-order valence-electron chi connectivity index (χ2n) is 13.3. The van der Waals surface area contributed by atoms with Crippen LogP contribution in [0.25, 0.3) is 21.5 Å². The van der Waals surface area contributed by atoms with E-state index in [2.05, 4.69) is 0 Å². The van der Waals surface area contributed by atoms with Crippen LogP contribution in [-0.2, 0) is 4.79 Å². The molecule has 57 heavy (non-hydrogen) atoms. The maximum absolute atomic E-state index is 11.2. The standard InChI is InChI=1S/C14H12O2.C12H10O.2C10H10O2.C3H6O/c1-9(15)11-3-5-14-8-12(10(2)16)4-6-13(14)7-11;1-9(13)11-7-6-10-4-2-3-5-12(10)8-11;1-7(11)9-3-5-10(6-4-9)8(2)12;1-7(11)9-4-3-5-10(6-9)8(2)12;1-3(2)4/h3-8H,1-2H3;2-8H,1H3;2*3-6H,1-2H3;1-2H3. The minimum absolute atomic E-state index is 0.0156. The first-order chi connectivity index (χ1) is 26.8. The lowest BCUT2D eigenvalue weighted by Gasteiger charge is -2.02. The molecule has 6 aromatic carbocycles. The summed E-state index contributed by atoms with van der Waals surface area (Å²) in [6.45, 7) is 13.7. The van der Waals surface area contributed by atoms with Gasteiger partial charge in [-0.05, 0) is 108 Å². The monoisotopic (exact) mass is 764 g/mol. The molecule has 0 amide bonds. The molecule has 0 aliphatic carbocycles. The van der Waals surface area contributed by atoms with Gasteiger partial charge in [-0.1, -0.05) is 103 Å². The van der Waals surface area contributed by atoms with Crippen LogP contribution in [0.4, 0.5) is 0 Å². The summed E-state index contributed by atoms with van der Waals surface area (Å²) in [6, 6.07) is 38.2. The van der Waals surface area contributed by atoms with Gasteiger partial charge in [-0.2, -0.15) is 0 Å². The summed E-state index contributed by atoms with van der Waals surface area (Å²) < 4.78 is 0. The Morgan fingerprint density at radius 2 is 0.474 bits per heavy atom. The zero-order valence-electron chi connectivity index (χ0n) is 33.9. The zero-order chi connectivity index (χ0) is 42.8. The van der Waals surface area contributed by atoms with E-state index in [0.29, 0.717) is 33.4 Å². The smallest absolute Gasteiger partial charge is 0.159 e. The van der Waals surface area contributed by atoms with Gasteiger partial charge in [-0.15, -0.1) is 0 Å². The first kappa shape index (κ1) is 46.4. The fraction of sp³-hybridized carbons (Fsp3) is 0.184. The number of fused-ring (bicyclic) bond motifs is 2. The normalized spacial score (nSPS) is 9.70. The molecule has 0 bridgehead atoms. The molecule has 0 fully saturated rings. The van der Waals surface area contributed by atoms with Crippen molar-refractivity contribution in [3.05, 3.63) is 166 Å². The third-order valence-electron chi connectivity index (χ3n) is 8.18. The van der Waals surface area contributed by atoms with Crippen LogP contribution in [0, 0.1) is 0 Å². The molecule has 6 aromatic rings. The Balaban J connectivity index is 0.000000256. The molecule has 292 valence electrons. The maximum atomic E-state index is 11.2. The molecule has 0 saturated heterocycles. The Morgan fingerprint density at radius 1 is 0.246 bits per heavy atom. The SMILES string of the molecule is CC(=O)c1ccc(C(C)=O)cc1.CC(=O)c1ccc2cc(C(C)=O)ccc2c1.CC(=O)c1ccc2ccccc2c1.CC(=O)c1cccc(C(C)=O)c1.CC(C)=O. The third-order valence-corrected chi connectivity index (χ3v) is 8.18. The lowest BCUT2D eigenvalue weighted by molar-refractivity contribution is -0.115. The van der Waals surface area contributed by atoms with Gasteiger partial charge in [0.25, 0.3) is 0 Å². The van der Waals surface area contributed by atoms with E-state index in [1.165, 1.54) is 46.9 Å². The summed E-state index contributed by atoms with van der Waals surface area (Å²) in [5.74, 6) is 0.396. The van der Waals surface area contributed by atoms with Gasteiger partial charge in [0.05, 0.1) is 0 Å². The van der Waals surface area contributed by atoms with Gasteiger partial charge < -0.3 is 4.79 Å². The van der Waals surface area contributed by atoms with E-state index in [1.54, 1.807) is 81.4 Å². The number of benzene rings is 6. The highest BCUT2D eigenvalue weighted by Crippen LogP contribution is 2.19. The van der Waals surface area contributed by atoms with Crippen LogP contribution >= 0.6 is 0 Å². The van der Waals surface area contributed by atoms with Gasteiger partial charge in [0, 0.05) is 38.9 Å². The van der Waals surface area contributed by atoms with Crippen LogP contribution in [0.15, 0.2) is 127 Å². The van der Waals surface area contributed by atoms with Gasteiger partial charge in [0.1, 0.15) is 5.78 Å². The molecule has 0 heterocycles. The molecule has 0 aliphatic rings.